The van der Waals surface area contributed by atoms with Crippen LogP contribution < -0.4 is 4.74 Å². The Bertz CT molecular complexity index is 668. The quantitative estimate of drug-likeness (QED) is 0.213. The van der Waals surface area contributed by atoms with Gasteiger partial charge in [-0.15, -0.1) is 0 Å². The van der Waals surface area contributed by atoms with E-state index in [1.165, 1.54) is 44.9 Å². The van der Waals surface area contributed by atoms with E-state index in [-0.39, 0.29) is 0 Å². The minimum absolute atomic E-state index is 0.699. The molecule has 27 heavy (non-hydrogen) atoms. The fourth-order valence-electron chi connectivity index (χ4n) is 2.98. The van der Waals surface area contributed by atoms with Crippen molar-refractivity contribution in [3.8, 4) is 5.75 Å². The zero-order valence-corrected chi connectivity index (χ0v) is 16.5. The molecule has 0 unspecified atom stereocenters. The molecule has 0 saturated carbocycles. The molecular formula is C25H32O2. The van der Waals surface area contributed by atoms with Crippen LogP contribution >= 0.6 is 0 Å². The molecule has 2 aromatic carbocycles. The monoisotopic (exact) mass is 364 g/mol. The zero-order chi connectivity index (χ0) is 19.2. The van der Waals surface area contributed by atoms with Gasteiger partial charge in [-0.3, -0.25) is 4.79 Å². The first-order chi connectivity index (χ1) is 13.3. The van der Waals surface area contributed by atoms with Gasteiger partial charge in [0.05, 0.1) is 6.61 Å². The van der Waals surface area contributed by atoms with Crippen LogP contribution in [0.2, 0.25) is 0 Å². The van der Waals surface area contributed by atoms with E-state index in [9.17, 15) is 4.79 Å². The highest BCUT2D eigenvalue weighted by molar-refractivity contribution is 5.76. The third-order valence-electron chi connectivity index (χ3n) is 4.69. The summed E-state index contributed by atoms with van der Waals surface area (Å²) in [6, 6.07) is 15.7. The lowest BCUT2D eigenvalue weighted by molar-refractivity contribution is 0.112. The van der Waals surface area contributed by atoms with E-state index in [0.29, 0.717) is 5.56 Å². The average Bonchev–Trinajstić information content (AvgIpc) is 2.72. The van der Waals surface area contributed by atoms with Crippen LogP contribution in [0.5, 0.6) is 5.75 Å². The molecule has 0 heterocycles. The Morgan fingerprint density at radius 3 is 1.70 bits per heavy atom. The standard InChI is InChI=1S/C25H32O2/c1-2-3-4-5-6-7-8-9-20-27-25-18-16-23(17-19-25)11-10-22-12-14-24(21-26)15-13-22/h10-19,21H,2-9,20H2,1H3. The Balaban J connectivity index is 1.64. The highest BCUT2D eigenvalue weighted by atomic mass is 16.5. The summed E-state index contributed by atoms with van der Waals surface area (Å²) in [6.07, 6.45) is 15.5. The molecule has 0 bridgehead atoms. The van der Waals surface area contributed by atoms with Gasteiger partial charge in [0.1, 0.15) is 12.0 Å². The lowest BCUT2D eigenvalue weighted by atomic mass is 10.1. The van der Waals surface area contributed by atoms with E-state index in [4.69, 9.17) is 4.74 Å². The van der Waals surface area contributed by atoms with Crippen LogP contribution in [-0.4, -0.2) is 12.9 Å². The largest absolute Gasteiger partial charge is 0.494 e. The Kier molecular flexibility index (Phi) is 10.0. The van der Waals surface area contributed by atoms with Crippen molar-refractivity contribution in [3.05, 3.63) is 65.2 Å². The molecule has 0 aliphatic rings. The van der Waals surface area contributed by atoms with Crippen molar-refractivity contribution in [1.82, 2.24) is 0 Å². The van der Waals surface area contributed by atoms with Gasteiger partial charge in [-0.05, 0) is 29.7 Å². The lowest BCUT2D eigenvalue weighted by Gasteiger charge is -2.06. The maximum absolute atomic E-state index is 10.7. The molecule has 0 amide bonds. The second-order valence-corrected chi connectivity index (χ2v) is 7.01. The molecule has 0 aliphatic heterocycles. The van der Waals surface area contributed by atoms with Gasteiger partial charge in [-0.25, -0.2) is 0 Å². The maximum atomic E-state index is 10.7. The second kappa shape index (κ2) is 12.9. The molecule has 2 rings (SSSR count). The molecule has 2 nitrogen and oxygen atoms in total. The molecule has 2 heteroatoms. The molecule has 0 saturated heterocycles. The van der Waals surface area contributed by atoms with Crippen molar-refractivity contribution < 1.29 is 9.53 Å². The molecule has 144 valence electrons. The summed E-state index contributed by atoms with van der Waals surface area (Å²) in [6.45, 7) is 3.06. The first-order valence-electron chi connectivity index (χ1n) is 10.3. The molecule has 0 atom stereocenters. The SMILES string of the molecule is CCCCCCCCCCOc1ccc(C=Cc2ccc(C=O)cc2)cc1. The summed E-state index contributed by atoms with van der Waals surface area (Å²) in [5, 5.41) is 0. The predicted molar refractivity (Wildman–Crippen MR) is 115 cm³/mol. The molecule has 0 aliphatic carbocycles. The van der Waals surface area contributed by atoms with Crippen LogP contribution in [0.25, 0.3) is 12.2 Å². The van der Waals surface area contributed by atoms with Gasteiger partial charge >= 0.3 is 0 Å². The third-order valence-corrected chi connectivity index (χ3v) is 4.69. The Morgan fingerprint density at radius 2 is 1.15 bits per heavy atom. The van der Waals surface area contributed by atoms with E-state index in [1.807, 2.05) is 42.5 Å². The Hall–Kier alpha value is -2.35. The zero-order valence-electron chi connectivity index (χ0n) is 16.5. The number of rotatable bonds is 13. The van der Waals surface area contributed by atoms with E-state index in [2.05, 4.69) is 25.1 Å². The van der Waals surface area contributed by atoms with Crippen molar-refractivity contribution in [2.75, 3.05) is 6.61 Å². The van der Waals surface area contributed by atoms with Crippen molar-refractivity contribution in [2.24, 2.45) is 0 Å². The molecule has 0 radical (unpaired) electrons. The average molecular weight is 365 g/mol. The number of carbonyl (C=O) groups excluding carboxylic acids is 1. The highest BCUT2D eigenvalue weighted by Crippen LogP contribution is 2.16. The first kappa shape index (κ1) is 21.0. The summed E-state index contributed by atoms with van der Waals surface area (Å²) >= 11 is 0. The topological polar surface area (TPSA) is 26.3 Å². The van der Waals surface area contributed by atoms with Gasteiger partial charge in [0.2, 0.25) is 0 Å². The van der Waals surface area contributed by atoms with Crippen LogP contribution in [0.1, 0.15) is 79.8 Å². The number of benzene rings is 2. The number of hydrogen-bond acceptors (Lipinski definition) is 2. The number of aldehydes is 1. The Labute approximate surface area is 164 Å². The Morgan fingerprint density at radius 1 is 0.667 bits per heavy atom. The summed E-state index contributed by atoms with van der Waals surface area (Å²) in [5.41, 5.74) is 2.91. The van der Waals surface area contributed by atoms with Crippen LogP contribution in [0.4, 0.5) is 0 Å². The van der Waals surface area contributed by atoms with Crippen molar-refractivity contribution in [3.63, 3.8) is 0 Å². The maximum Gasteiger partial charge on any atom is 0.150 e. The minimum atomic E-state index is 0.699. The van der Waals surface area contributed by atoms with Crippen LogP contribution in [0.15, 0.2) is 48.5 Å². The summed E-state index contributed by atoms with van der Waals surface area (Å²) < 4.78 is 5.84. The van der Waals surface area contributed by atoms with Crippen molar-refractivity contribution >= 4 is 18.4 Å². The summed E-state index contributed by atoms with van der Waals surface area (Å²) in [4.78, 5) is 10.7. The summed E-state index contributed by atoms with van der Waals surface area (Å²) in [5.74, 6) is 0.936. The van der Waals surface area contributed by atoms with E-state index < -0.39 is 0 Å². The molecular weight excluding hydrogens is 332 g/mol. The van der Waals surface area contributed by atoms with E-state index in [0.717, 1.165) is 36.2 Å². The first-order valence-corrected chi connectivity index (χ1v) is 10.3. The number of ether oxygens (including phenoxy) is 1. The van der Waals surface area contributed by atoms with Crippen molar-refractivity contribution in [1.29, 1.82) is 0 Å². The number of carbonyl (C=O) groups is 1. The second-order valence-electron chi connectivity index (χ2n) is 7.01. The number of hydrogen-bond donors (Lipinski definition) is 0. The predicted octanol–water partition coefficient (Wildman–Crippen LogP) is 7.19. The highest BCUT2D eigenvalue weighted by Gasteiger charge is 1.96. The van der Waals surface area contributed by atoms with Crippen LogP contribution in [0, 0.1) is 0 Å². The van der Waals surface area contributed by atoms with E-state index >= 15 is 0 Å². The van der Waals surface area contributed by atoms with Gasteiger partial charge in [-0.1, -0.05) is 100 Å². The van der Waals surface area contributed by atoms with Crippen LogP contribution in [-0.2, 0) is 0 Å². The van der Waals surface area contributed by atoms with E-state index in [1.54, 1.807) is 0 Å². The van der Waals surface area contributed by atoms with Gasteiger partial charge in [0, 0.05) is 5.56 Å². The number of unbranched alkanes of at least 4 members (excludes halogenated alkanes) is 7. The minimum Gasteiger partial charge on any atom is -0.494 e. The third kappa shape index (κ3) is 8.72. The normalized spacial score (nSPS) is 11.0. The van der Waals surface area contributed by atoms with Crippen molar-refractivity contribution in [2.45, 2.75) is 58.3 Å². The van der Waals surface area contributed by atoms with Gasteiger partial charge in [0.25, 0.3) is 0 Å². The lowest BCUT2D eigenvalue weighted by Crippen LogP contribution is -1.97. The molecule has 2 aromatic rings. The molecule has 0 spiro atoms. The van der Waals surface area contributed by atoms with Gasteiger partial charge < -0.3 is 4.74 Å². The summed E-state index contributed by atoms with van der Waals surface area (Å²) in [7, 11) is 0. The molecule has 0 fully saturated rings. The fraction of sp³-hybridized carbons (Fsp3) is 0.400. The molecule has 0 N–H and O–H groups in total. The fourth-order valence-corrected chi connectivity index (χ4v) is 2.98. The smallest absolute Gasteiger partial charge is 0.150 e. The van der Waals surface area contributed by atoms with Gasteiger partial charge in [0.15, 0.2) is 0 Å². The van der Waals surface area contributed by atoms with Crippen LogP contribution in [0.3, 0.4) is 0 Å². The molecule has 0 aromatic heterocycles. The van der Waals surface area contributed by atoms with Gasteiger partial charge in [-0.2, -0.15) is 0 Å².